The summed E-state index contributed by atoms with van der Waals surface area (Å²) in [7, 11) is -3.48. The van der Waals surface area contributed by atoms with Crippen LogP contribution in [0.1, 0.15) is 28.8 Å². The van der Waals surface area contributed by atoms with Gasteiger partial charge in [0.25, 0.3) is 5.91 Å². The van der Waals surface area contributed by atoms with Crippen LogP contribution in [0.15, 0.2) is 46.0 Å². The summed E-state index contributed by atoms with van der Waals surface area (Å²) in [6.07, 6.45) is 1.68. The minimum atomic E-state index is -3.48. The molecule has 1 spiro atoms. The van der Waals surface area contributed by atoms with Crippen molar-refractivity contribution >= 4 is 27.3 Å². The van der Waals surface area contributed by atoms with Crippen molar-refractivity contribution in [1.82, 2.24) is 9.62 Å². The molecule has 1 aromatic heterocycles. The van der Waals surface area contributed by atoms with Crippen molar-refractivity contribution in [3.05, 3.63) is 52.2 Å². The third-order valence-electron chi connectivity index (χ3n) is 5.71. The molecule has 2 aliphatic heterocycles. The highest BCUT2D eigenvalue weighted by Crippen LogP contribution is 2.43. The number of amides is 1. The lowest BCUT2D eigenvalue weighted by atomic mass is 9.80. The molecule has 0 aliphatic carbocycles. The van der Waals surface area contributed by atoms with E-state index in [1.807, 2.05) is 29.8 Å². The highest BCUT2D eigenvalue weighted by atomic mass is 32.2. The highest BCUT2D eigenvalue weighted by molar-refractivity contribution is 7.89. The summed E-state index contributed by atoms with van der Waals surface area (Å²) in [5.74, 6) is 0.186. The minimum Gasteiger partial charge on any atom is -0.372 e. The molecule has 1 N–H and O–H groups in total. The molecule has 4 rings (SSSR count). The fourth-order valence-electron chi connectivity index (χ4n) is 3.98. The van der Waals surface area contributed by atoms with Gasteiger partial charge in [0, 0.05) is 37.2 Å². The second-order valence-electron chi connectivity index (χ2n) is 7.54. The number of carbonyl (C=O) groups excluding carboxylic acids is 1. The Morgan fingerprint density at radius 3 is 2.71 bits per heavy atom. The molecule has 1 unspecified atom stereocenters. The van der Waals surface area contributed by atoms with E-state index in [0.717, 1.165) is 18.4 Å². The summed E-state index contributed by atoms with van der Waals surface area (Å²) in [5, 5.41) is 6.66. The molecule has 2 aliphatic rings. The Morgan fingerprint density at radius 1 is 1.29 bits per heavy atom. The number of ether oxygens (including phenoxy) is 1. The van der Waals surface area contributed by atoms with Gasteiger partial charge < -0.3 is 10.1 Å². The van der Waals surface area contributed by atoms with Crippen LogP contribution in [0.2, 0.25) is 0 Å². The maximum atomic E-state index is 12.8. The molecular weight excluding hydrogens is 396 g/mol. The van der Waals surface area contributed by atoms with Gasteiger partial charge in [-0.05, 0) is 49.3 Å². The molecule has 0 saturated carbocycles. The second-order valence-corrected chi connectivity index (χ2v) is 10.3. The van der Waals surface area contributed by atoms with Crippen molar-refractivity contribution < 1.29 is 17.9 Å². The third kappa shape index (κ3) is 3.61. The third-order valence-corrected chi connectivity index (χ3v) is 8.20. The minimum absolute atomic E-state index is 0.0635. The average molecular weight is 421 g/mol. The number of carbonyl (C=O) groups is 1. The number of nitrogens with one attached hydrogen (secondary N) is 1. The van der Waals surface area contributed by atoms with Gasteiger partial charge >= 0.3 is 0 Å². The van der Waals surface area contributed by atoms with E-state index < -0.39 is 15.6 Å². The molecule has 6 nitrogen and oxygen atoms in total. The fraction of sp³-hybridized carbons (Fsp3) is 0.450. The van der Waals surface area contributed by atoms with Gasteiger partial charge in [-0.15, -0.1) is 0 Å². The monoisotopic (exact) mass is 420 g/mol. The zero-order valence-corrected chi connectivity index (χ0v) is 17.4. The first-order valence-corrected chi connectivity index (χ1v) is 11.8. The largest absolute Gasteiger partial charge is 0.372 e. The SMILES string of the molecule is Cc1ccc(S(=O)(=O)N2CC3(C2)OCCC3CCNC(=O)c2ccsc2)cc1. The Hall–Kier alpha value is -1.74. The Balaban J connectivity index is 1.34. The maximum Gasteiger partial charge on any atom is 0.252 e. The number of benzene rings is 1. The Labute approximate surface area is 169 Å². The molecule has 1 aromatic carbocycles. The van der Waals surface area contributed by atoms with E-state index in [2.05, 4.69) is 5.32 Å². The maximum absolute atomic E-state index is 12.8. The van der Waals surface area contributed by atoms with Gasteiger partial charge in [0.15, 0.2) is 0 Å². The van der Waals surface area contributed by atoms with E-state index in [1.165, 1.54) is 15.6 Å². The molecule has 0 bridgehead atoms. The van der Waals surface area contributed by atoms with Crippen LogP contribution in [0.4, 0.5) is 0 Å². The smallest absolute Gasteiger partial charge is 0.252 e. The molecule has 3 heterocycles. The summed E-state index contributed by atoms with van der Waals surface area (Å²) >= 11 is 1.50. The quantitative estimate of drug-likeness (QED) is 0.780. The number of rotatable bonds is 6. The summed E-state index contributed by atoms with van der Waals surface area (Å²) in [6, 6.07) is 8.74. The van der Waals surface area contributed by atoms with Crippen molar-refractivity contribution in [2.75, 3.05) is 26.2 Å². The molecule has 2 saturated heterocycles. The molecule has 1 amide bonds. The lowest BCUT2D eigenvalue weighted by Gasteiger charge is -2.49. The predicted molar refractivity (Wildman–Crippen MR) is 108 cm³/mol. The summed E-state index contributed by atoms with van der Waals surface area (Å²) in [4.78, 5) is 12.4. The molecule has 1 atom stereocenters. The van der Waals surface area contributed by atoms with Gasteiger partial charge in [0.2, 0.25) is 10.0 Å². The van der Waals surface area contributed by atoms with Crippen molar-refractivity contribution in [3.8, 4) is 0 Å². The first kappa shape index (κ1) is 19.6. The number of nitrogens with zero attached hydrogens (tertiary/aromatic N) is 1. The summed E-state index contributed by atoms with van der Waals surface area (Å²) in [5.41, 5.74) is 1.30. The van der Waals surface area contributed by atoms with E-state index >= 15 is 0 Å². The second kappa shape index (κ2) is 7.59. The van der Waals surface area contributed by atoms with Gasteiger partial charge in [-0.2, -0.15) is 15.6 Å². The topological polar surface area (TPSA) is 75.7 Å². The van der Waals surface area contributed by atoms with Crippen LogP contribution < -0.4 is 5.32 Å². The van der Waals surface area contributed by atoms with Gasteiger partial charge in [-0.3, -0.25) is 4.79 Å². The number of hydrogen-bond donors (Lipinski definition) is 1. The van der Waals surface area contributed by atoms with Crippen molar-refractivity contribution in [1.29, 1.82) is 0 Å². The van der Waals surface area contributed by atoms with Crippen LogP contribution in [-0.4, -0.2) is 50.5 Å². The molecule has 0 radical (unpaired) electrons. The standard InChI is InChI=1S/C20H24N2O4S2/c1-15-2-4-18(5-3-15)28(24,25)22-13-20(14-22)17(7-10-26-20)6-9-21-19(23)16-8-11-27-12-16/h2-5,8,11-12,17H,6-7,9-10,13-14H2,1H3,(H,21,23). The van der Waals surface area contributed by atoms with E-state index in [9.17, 15) is 13.2 Å². The van der Waals surface area contributed by atoms with Crippen LogP contribution in [0.5, 0.6) is 0 Å². The number of sulfonamides is 1. The van der Waals surface area contributed by atoms with Gasteiger partial charge in [0.05, 0.1) is 10.5 Å². The van der Waals surface area contributed by atoms with Crippen molar-refractivity contribution in [3.63, 3.8) is 0 Å². The number of hydrogen-bond acceptors (Lipinski definition) is 5. The van der Waals surface area contributed by atoms with Gasteiger partial charge in [-0.25, -0.2) is 8.42 Å². The van der Waals surface area contributed by atoms with Crippen LogP contribution in [-0.2, 0) is 14.8 Å². The van der Waals surface area contributed by atoms with Crippen LogP contribution in [0.25, 0.3) is 0 Å². The Kier molecular flexibility index (Phi) is 5.30. The fourth-order valence-corrected chi connectivity index (χ4v) is 6.17. The molecule has 2 aromatic rings. The van der Waals surface area contributed by atoms with E-state index in [1.54, 1.807) is 18.2 Å². The number of thiophene rings is 1. The number of aryl methyl sites for hydroxylation is 1. The van der Waals surface area contributed by atoms with Crippen LogP contribution in [0.3, 0.4) is 0 Å². The molecule has 8 heteroatoms. The van der Waals surface area contributed by atoms with Crippen molar-refractivity contribution in [2.24, 2.45) is 5.92 Å². The average Bonchev–Trinajstić information content (AvgIpc) is 3.30. The van der Waals surface area contributed by atoms with Gasteiger partial charge in [-0.1, -0.05) is 17.7 Å². The first-order chi connectivity index (χ1) is 13.4. The van der Waals surface area contributed by atoms with Gasteiger partial charge in [0.1, 0.15) is 0 Å². The normalized spacial score (nSPS) is 21.5. The van der Waals surface area contributed by atoms with Crippen LogP contribution >= 0.6 is 11.3 Å². The van der Waals surface area contributed by atoms with Crippen molar-refractivity contribution in [2.45, 2.75) is 30.3 Å². The Morgan fingerprint density at radius 2 is 2.04 bits per heavy atom. The summed E-state index contributed by atoms with van der Waals surface area (Å²) in [6.45, 7) is 3.90. The van der Waals surface area contributed by atoms with E-state index in [4.69, 9.17) is 4.74 Å². The molecule has 150 valence electrons. The zero-order chi connectivity index (χ0) is 19.8. The molecular formula is C20H24N2O4S2. The van der Waals surface area contributed by atoms with E-state index in [0.29, 0.717) is 36.7 Å². The molecule has 28 heavy (non-hydrogen) atoms. The highest BCUT2D eigenvalue weighted by Gasteiger charge is 2.56. The first-order valence-electron chi connectivity index (χ1n) is 9.42. The summed E-state index contributed by atoms with van der Waals surface area (Å²) < 4.78 is 33.1. The molecule has 2 fully saturated rings. The predicted octanol–water partition coefficient (Wildman–Crippen LogP) is 2.66. The lowest BCUT2D eigenvalue weighted by molar-refractivity contribution is -0.102. The Bertz CT molecular complexity index is 933. The lowest BCUT2D eigenvalue weighted by Crippen LogP contribution is -2.66. The van der Waals surface area contributed by atoms with E-state index in [-0.39, 0.29) is 11.8 Å². The zero-order valence-electron chi connectivity index (χ0n) is 15.8. The van der Waals surface area contributed by atoms with Crippen LogP contribution in [0, 0.1) is 12.8 Å².